The molecule has 0 radical (unpaired) electrons. The molecule has 0 bridgehead atoms. The summed E-state index contributed by atoms with van der Waals surface area (Å²) in [5, 5.41) is 0. The van der Waals surface area contributed by atoms with E-state index in [1.54, 1.807) is 0 Å². The molecule has 0 spiro atoms. The van der Waals surface area contributed by atoms with E-state index in [0.29, 0.717) is 0 Å². The first kappa shape index (κ1) is 15.6. The maximum Gasteiger partial charge on any atom is 0.131 e. The number of ether oxygens (including phenoxy) is 1. The molecule has 21 heavy (non-hydrogen) atoms. The van der Waals surface area contributed by atoms with Crippen molar-refractivity contribution in [1.29, 1.82) is 0 Å². The highest BCUT2D eigenvalue weighted by Crippen LogP contribution is 2.34. The maximum atomic E-state index is 6.06. The molecule has 2 nitrogen and oxygen atoms in total. The standard InChI is InChI=1S/C19H25NO/c1-5-17(20)14-10-12-15(13-11-14)21-18-9-7-6-8-16(18)19(2,3)4/h6-13,17H,5,20H2,1-4H3/t17-/m0/s1. The molecule has 0 aliphatic heterocycles. The van der Waals surface area contributed by atoms with Gasteiger partial charge in [0, 0.05) is 11.6 Å². The van der Waals surface area contributed by atoms with Crippen molar-refractivity contribution in [2.45, 2.75) is 45.6 Å². The van der Waals surface area contributed by atoms with Gasteiger partial charge in [0.2, 0.25) is 0 Å². The quantitative estimate of drug-likeness (QED) is 0.838. The molecule has 0 aliphatic rings. The molecule has 0 amide bonds. The number of nitrogens with two attached hydrogens (primary N) is 1. The largest absolute Gasteiger partial charge is 0.457 e. The monoisotopic (exact) mass is 283 g/mol. The summed E-state index contributed by atoms with van der Waals surface area (Å²) in [7, 11) is 0. The molecule has 0 aromatic heterocycles. The summed E-state index contributed by atoms with van der Waals surface area (Å²) in [5.41, 5.74) is 8.45. The molecule has 2 aromatic rings. The van der Waals surface area contributed by atoms with Crippen molar-refractivity contribution >= 4 is 0 Å². The first-order valence-corrected chi connectivity index (χ1v) is 7.54. The second-order valence-corrected chi connectivity index (χ2v) is 6.43. The molecular weight excluding hydrogens is 258 g/mol. The summed E-state index contributed by atoms with van der Waals surface area (Å²) < 4.78 is 6.06. The molecular formula is C19H25NO. The van der Waals surface area contributed by atoms with Crippen LogP contribution in [0, 0.1) is 0 Å². The number of hydrogen-bond acceptors (Lipinski definition) is 2. The molecule has 2 heteroatoms. The summed E-state index contributed by atoms with van der Waals surface area (Å²) >= 11 is 0. The molecule has 1 atom stereocenters. The molecule has 2 N–H and O–H groups in total. The topological polar surface area (TPSA) is 35.2 Å². The average molecular weight is 283 g/mol. The normalized spacial score (nSPS) is 13.0. The predicted molar refractivity (Wildman–Crippen MR) is 88.9 cm³/mol. The third kappa shape index (κ3) is 3.85. The summed E-state index contributed by atoms with van der Waals surface area (Å²) in [6, 6.07) is 16.4. The fourth-order valence-electron chi connectivity index (χ4n) is 2.32. The van der Waals surface area contributed by atoms with Crippen LogP contribution in [0.3, 0.4) is 0 Å². The van der Waals surface area contributed by atoms with Gasteiger partial charge in [-0.1, -0.05) is 58.0 Å². The summed E-state index contributed by atoms with van der Waals surface area (Å²) in [6.45, 7) is 8.67. The highest BCUT2D eigenvalue weighted by molar-refractivity contribution is 5.42. The summed E-state index contributed by atoms with van der Waals surface area (Å²) in [5.74, 6) is 1.76. The Labute approximate surface area is 127 Å². The van der Waals surface area contributed by atoms with Gasteiger partial charge in [0.25, 0.3) is 0 Å². The van der Waals surface area contributed by atoms with Crippen molar-refractivity contribution in [3.05, 3.63) is 59.7 Å². The van der Waals surface area contributed by atoms with Gasteiger partial charge in [-0.05, 0) is 35.6 Å². The molecule has 112 valence electrons. The van der Waals surface area contributed by atoms with Crippen LogP contribution in [-0.2, 0) is 5.41 Å². The van der Waals surface area contributed by atoms with Crippen molar-refractivity contribution in [1.82, 2.24) is 0 Å². The van der Waals surface area contributed by atoms with E-state index >= 15 is 0 Å². The van der Waals surface area contributed by atoms with E-state index in [0.717, 1.165) is 23.5 Å². The van der Waals surface area contributed by atoms with Gasteiger partial charge < -0.3 is 10.5 Å². The Morgan fingerprint density at radius 1 is 1.00 bits per heavy atom. The zero-order chi connectivity index (χ0) is 15.5. The number of benzene rings is 2. The summed E-state index contributed by atoms with van der Waals surface area (Å²) in [6.07, 6.45) is 0.938. The van der Waals surface area contributed by atoms with E-state index in [2.05, 4.69) is 39.8 Å². The SMILES string of the molecule is CC[C@H](N)c1ccc(Oc2ccccc2C(C)(C)C)cc1. The molecule has 0 fully saturated rings. The third-order valence-corrected chi connectivity index (χ3v) is 3.67. The lowest BCUT2D eigenvalue weighted by atomic mass is 9.86. The second kappa shape index (κ2) is 6.31. The fraction of sp³-hybridized carbons (Fsp3) is 0.368. The third-order valence-electron chi connectivity index (χ3n) is 3.67. The predicted octanol–water partition coefficient (Wildman–Crippen LogP) is 5.19. The van der Waals surface area contributed by atoms with Crippen molar-refractivity contribution in [3.8, 4) is 11.5 Å². The van der Waals surface area contributed by atoms with Gasteiger partial charge >= 0.3 is 0 Å². The molecule has 2 rings (SSSR count). The Balaban J connectivity index is 2.23. The lowest BCUT2D eigenvalue weighted by molar-refractivity contribution is 0.455. The smallest absolute Gasteiger partial charge is 0.131 e. The van der Waals surface area contributed by atoms with Crippen molar-refractivity contribution in [2.24, 2.45) is 5.73 Å². The Kier molecular flexibility index (Phi) is 4.69. The molecule has 0 unspecified atom stereocenters. The zero-order valence-electron chi connectivity index (χ0n) is 13.4. The van der Waals surface area contributed by atoms with Crippen LogP contribution in [0.4, 0.5) is 0 Å². The fourth-order valence-corrected chi connectivity index (χ4v) is 2.32. The van der Waals surface area contributed by atoms with E-state index in [1.807, 2.05) is 36.4 Å². The van der Waals surface area contributed by atoms with Gasteiger partial charge in [0.15, 0.2) is 0 Å². The van der Waals surface area contributed by atoms with Crippen LogP contribution in [-0.4, -0.2) is 0 Å². The Morgan fingerprint density at radius 2 is 1.62 bits per heavy atom. The maximum absolute atomic E-state index is 6.06. The van der Waals surface area contributed by atoms with Gasteiger partial charge in [-0.2, -0.15) is 0 Å². The van der Waals surface area contributed by atoms with Crippen LogP contribution >= 0.6 is 0 Å². The van der Waals surface area contributed by atoms with Gasteiger partial charge in [-0.25, -0.2) is 0 Å². The van der Waals surface area contributed by atoms with Gasteiger partial charge in [0.05, 0.1) is 0 Å². The van der Waals surface area contributed by atoms with E-state index in [1.165, 1.54) is 5.56 Å². The zero-order valence-corrected chi connectivity index (χ0v) is 13.4. The second-order valence-electron chi connectivity index (χ2n) is 6.43. The Morgan fingerprint density at radius 3 is 2.19 bits per heavy atom. The molecule has 0 saturated carbocycles. The molecule has 0 heterocycles. The van der Waals surface area contributed by atoms with Gasteiger partial charge in [0.1, 0.15) is 11.5 Å². The number of rotatable bonds is 4. The van der Waals surface area contributed by atoms with Crippen molar-refractivity contribution < 1.29 is 4.74 Å². The minimum Gasteiger partial charge on any atom is -0.457 e. The highest BCUT2D eigenvalue weighted by Gasteiger charge is 2.18. The van der Waals surface area contributed by atoms with Crippen molar-refractivity contribution in [3.63, 3.8) is 0 Å². The van der Waals surface area contributed by atoms with E-state index in [4.69, 9.17) is 10.5 Å². The van der Waals surface area contributed by atoms with Crippen LogP contribution in [0.5, 0.6) is 11.5 Å². The number of hydrogen-bond donors (Lipinski definition) is 1. The summed E-state index contributed by atoms with van der Waals surface area (Å²) in [4.78, 5) is 0. The van der Waals surface area contributed by atoms with Crippen LogP contribution in [0.2, 0.25) is 0 Å². The van der Waals surface area contributed by atoms with Crippen molar-refractivity contribution in [2.75, 3.05) is 0 Å². The Bertz CT molecular complexity index is 581. The molecule has 0 saturated heterocycles. The lowest BCUT2D eigenvalue weighted by Crippen LogP contribution is -2.12. The average Bonchev–Trinajstić information content (AvgIpc) is 2.47. The van der Waals surface area contributed by atoms with E-state index in [9.17, 15) is 0 Å². The first-order valence-electron chi connectivity index (χ1n) is 7.54. The van der Waals surface area contributed by atoms with E-state index in [-0.39, 0.29) is 11.5 Å². The minimum absolute atomic E-state index is 0.0566. The molecule has 2 aromatic carbocycles. The van der Waals surface area contributed by atoms with Gasteiger partial charge in [-0.15, -0.1) is 0 Å². The van der Waals surface area contributed by atoms with Crippen LogP contribution in [0.1, 0.15) is 51.3 Å². The highest BCUT2D eigenvalue weighted by atomic mass is 16.5. The van der Waals surface area contributed by atoms with Crippen LogP contribution in [0.25, 0.3) is 0 Å². The Hall–Kier alpha value is -1.80. The van der Waals surface area contributed by atoms with Crippen LogP contribution in [0.15, 0.2) is 48.5 Å². The first-order chi connectivity index (χ1) is 9.91. The lowest BCUT2D eigenvalue weighted by Gasteiger charge is -2.22. The number of para-hydroxylation sites is 1. The minimum atomic E-state index is 0.0566. The molecule has 0 aliphatic carbocycles. The van der Waals surface area contributed by atoms with E-state index < -0.39 is 0 Å². The van der Waals surface area contributed by atoms with Gasteiger partial charge in [-0.3, -0.25) is 0 Å². The van der Waals surface area contributed by atoms with Crippen LogP contribution < -0.4 is 10.5 Å².